The number of halogens is 1. The monoisotopic (exact) mass is 240 g/mol. The van der Waals surface area contributed by atoms with Crippen LogP contribution in [0.4, 0.5) is 0 Å². The Morgan fingerprint density at radius 3 is 2.81 bits per heavy atom. The number of carbonyl (C=O) groups is 1. The summed E-state index contributed by atoms with van der Waals surface area (Å²) < 4.78 is 1.71. The highest BCUT2D eigenvalue weighted by Gasteiger charge is 2.18. The highest BCUT2D eigenvalue weighted by Crippen LogP contribution is 2.19. The summed E-state index contributed by atoms with van der Waals surface area (Å²) in [5, 5.41) is 9.06. The number of para-hydroxylation sites is 2. The molecule has 0 amide bonds. The summed E-state index contributed by atoms with van der Waals surface area (Å²) in [5.74, 6) is -0.819. The standard InChI is InChI=1S/C11H12N2O2.ClH/c1-2-9(11(14)15)13-7-12-8-5-3-4-6-10(8)13;/h3-7,9H,2H2,1H3,(H,14,15);1H. The van der Waals surface area contributed by atoms with Gasteiger partial charge in [-0.2, -0.15) is 0 Å². The Morgan fingerprint density at radius 1 is 1.50 bits per heavy atom. The van der Waals surface area contributed by atoms with Gasteiger partial charge in [0.15, 0.2) is 0 Å². The van der Waals surface area contributed by atoms with Crippen molar-refractivity contribution in [3.63, 3.8) is 0 Å². The second-order valence-corrected chi connectivity index (χ2v) is 3.40. The number of hydrogen-bond acceptors (Lipinski definition) is 2. The SMILES string of the molecule is CCC(C(=O)O)n1cnc2ccccc21.Cl. The number of imidazole rings is 1. The van der Waals surface area contributed by atoms with Crippen LogP contribution in [0.25, 0.3) is 11.0 Å². The minimum Gasteiger partial charge on any atom is -0.480 e. The van der Waals surface area contributed by atoms with E-state index in [4.69, 9.17) is 5.11 Å². The Hall–Kier alpha value is -1.55. The van der Waals surface area contributed by atoms with E-state index in [9.17, 15) is 4.79 Å². The minimum absolute atomic E-state index is 0. The van der Waals surface area contributed by atoms with Crippen molar-refractivity contribution >= 4 is 29.4 Å². The zero-order chi connectivity index (χ0) is 10.8. The lowest BCUT2D eigenvalue weighted by molar-refractivity contribution is -0.140. The first-order chi connectivity index (χ1) is 7.24. The summed E-state index contributed by atoms with van der Waals surface area (Å²) in [6.07, 6.45) is 2.14. The normalized spacial score (nSPS) is 12.1. The third-order valence-electron chi connectivity index (χ3n) is 2.49. The molecule has 1 heterocycles. The van der Waals surface area contributed by atoms with Crippen molar-refractivity contribution in [3.8, 4) is 0 Å². The van der Waals surface area contributed by atoms with Crippen molar-refractivity contribution < 1.29 is 9.90 Å². The number of hydrogen-bond donors (Lipinski definition) is 1. The van der Waals surface area contributed by atoms with E-state index < -0.39 is 12.0 Å². The molecule has 16 heavy (non-hydrogen) atoms. The molecular weight excluding hydrogens is 228 g/mol. The Kier molecular flexibility index (Phi) is 3.90. The number of carboxylic acid groups (broad SMARTS) is 1. The molecule has 2 rings (SSSR count). The van der Waals surface area contributed by atoms with Crippen LogP contribution in [0.3, 0.4) is 0 Å². The Bertz CT molecular complexity index is 495. The van der Waals surface area contributed by atoms with E-state index in [2.05, 4.69) is 4.98 Å². The molecule has 1 N–H and O–H groups in total. The number of aromatic nitrogens is 2. The molecule has 0 fully saturated rings. The molecule has 0 aliphatic carbocycles. The number of aliphatic carboxylic acids is 1. The maximum Gasteiger partial charge on any atom is 0.326 e. The van der Waals surface area contributed by atoms with Crippen LogP contribution in [0.15, 0.2) is 30.6 Å². The number of fused-ring (bicyclic) bond motifs is 1. The molecule has 2 aromatic rings. The summed E-state index contributed by atoms with van der Waals surface area (Å²) in [6.45, 7) is 1.85. The van der Waals surface area contributed by atoms with Crippen molar-refractivity contribution in [2.45, 2.75) is 19.4 Å². The van der Waals surface area contributed by atoms with Gasteiger partial charge in [-0.1, -0.05) is 19.1 Å². The van der Waals surface area contributed by atoms with Gasteiger partial charge in [-0.3, -0.25) is 0 Å². The van der Waals surface area contributed by atoms with Crippen LogP contribution in [0.1, 0.15) is 19.4 Å². The van der Waals surface area contributed by atoms with Gasteiger partial charge in [0.05, 0.1) is 17.4 Å². The Labute approximate surface area is 99.3 Å². The molecule has 0 bridgehead atoms. The maximum absolute atomic E-state index is 11.0. The molecule has 1 aromatic heterocycles. The molecule has 5 heteroatoms. The zero-order valence-electron chi connectivity index (χ0n) is 8.83. The molecule has 0 radical (unpaired) electrons. The van der Waals surface area contributed by atoms with Crippen LogP contribution >= 0.6 is 12.4 Å². The summed E-state index contributed by atoms with van der Waals surface area (Å²) in [4.78, 5) is 15.2. The van der Waals surface area contributed by atoms with Crippen molar-refractivity contribution in [2.75, 3.05) is 0 Å². The van der Waals surface area contributed by atoms with E-state index in [1.54, 1.807) is 10.9 Å². The van der Waals surface area contributed by atoms with Crippen molar-refractivity contribution in [3.05, 3.63) is 30.6 Å². The number of benzene rings is 1. The molecular formula is C11H13ClN2O2. The first-order valence-corrected chi connectivity index (χ1v) is 4.88. The van der Waals surface area contributed by atoms with Crippen LogP contribution in [0.5, 0.6) is 0 Å². The third-order valence-corrected chi connectivity index (χ3v) is 2.49. The van der Waals surface area contributed by atoms with E-state index in [1.165, 1.54) is 0 Å². The van der Waals surface area contributed by atoms with E-state index in [0.717, 1.165) is 11.0 Å². The van der Waals surface area contributed by atoms with Gasteiger partial charge in [0.25, 0.3) is 0 Å². The minimum atomic E-state index is -0.819. The Morgan fingerprint density at radius 2 is 2.19 bits per heavy atom. The number of carboxylic acids is 1. The fourth-order valence-corrected chi connectivity index (χ4v) is 1.72. The lowest BCUT2D eigenvalue weighted by Crippen LogP contribution is -2.17. The predicted octanol–water partition coefficient (Wildman–Crippen LogP) is 2.49. The smallest absolute Gasteiger partial charge is 0.326 e. The van der Waals surface area contributed by atoms with Gasteiger partial charge >= 0.3 is 5.97 Å². The lowest BCUT2D eigenvalue weighted by Gasteiger charge is -2.12. The van der Waals surface area contributed by atoms with Crippen LogP contribution in [-0.2, 0) is 4.79 Å². The molecule has 0 aliphatic rings. The highest BCUT2D eigenvalue weighted by atomic mass is 35.5. The molecule has 0 spiro atoms. The van der Waals surface area contributed by atoms with Crippen LogP contribution in [0, 0.1) is 0 Å². The average Bonchev–Trinajstić information content (AvgIpc) is 2.63. The quantitative estimate of drug-likeness (QED) is 0.897. The lowest BCUT2D eigenvalue weighted by atomic mass is 10.2. The topological polar surface area (TPSA) is 55.1 Å². The van der Waals surface area contributed by atoms with E-state index >= 15 is 0 Å². The molecule has 0 saturated heterocycles. The van der Waals surface area contributed by atoms with Gasteiger partial charge in [-0.15, -0.1) is 12.4 Å². The summed E-state index contributed by atoms with van der Waals surface area (Å²) in [7, 11) is 0. The van der Waals surface area contributed by atoms with E-state index in [1.807, 2.05) is 31.2 Å². The van der Waals surface area contributed by atoms with Gasteiger partial charge in [0.1, 0.15) is 6.04 Å². The van der Waals surface area contributed by atoms with Gasteiger partial charge < -0.3 is 9.67 Å². The fourth-order valence-electron chi connectivity index (χ4n) is 1.72. The first-order valence-electron chi connectivity index (χ1n) is 4.88. The van der Waals surface area contributed by atoms with Gasteiger partial charge in [0, 0.05) is 0 Å². The van der Waals surface area contributed by atoms with E-state index in [-0.39, 0.29) is 12.4 Å². The van der Waals surface area contributed by atoms with Crippen molar-refractivity contribution in [2.24, 2.45) is 0 Å². The Balaban J connectivity index is 0.00000128. The molecule has 0 aliphatic heterocycles. The number of rotatable bonds is 3. The summed E-state index contributed by atoms with van der Waals surface area (Å²) in [5.41, 5.74) is 1.70. The second kappa shape index (κ2) is 4.99. The van der Waals surface area contributed by atoms with Crippen molar-refractivity contribution in [1.82, 2.24) is 9.55 Å². The average molecular weight is 241 g/mol. The fraction of sp³-hybridized carbons (Fsp3) is 0.273. The predicted molar refractivity (Wildman–Crippen MR) is 63.9 cm³/mol. The molecule has 1 aromatic carbocycles. The molecule has 4 nitrogen and oxygen atoms in total. The highest BCUT2D eigenvalue weighted by molar-refractivity contribution is 5.85. The molecule has 1 atom stereocenters. The maximum atomic E-state index is 11.0. The second-order valence-electron chi connectivity index (χ2n) is 3.40. The molecule has 1 unspecified atom stereocenters. The van der Waals surface area contributed by atoms with Gasteiger partial charge in [0.2, 0.25) is 0 Å². The van der Waals surface area contributed by atoms with E-state index in [0.29, 0.717) is 6.42 Å². The van der Waals surface area contributed by atoms with Gasteiger partial charge in [-0.05, 0) is 18.6 Å². The molecule has 86 valence electrons. The van der Waals surface area contributed by atoms with Crippen LogP contribution in [0.2, 0.25) is 0 Å². The van der Waals surface area contributed by atoms with Gasteiger partial charge in [-0.25, -0.2) is 9.78 Å². The van der Waals surface area contributed by atoms with Crippen LogP contribution in [-0.4, -0.2) is 20.6 Å². The summed E-state index contributed by atoms with van der Waals surface area (Å²) >= 11 is 0. The molecule has 0 saturated carbocycles. The van der Waals surface area contributed by atoms with Crippen LogP contribution < -0.4 is 0 Å². The third kappa shape index (κ3) is 2.02. The summed E-state index contributed by atoms with van der Waals surface area (Å²) in [6, 6.07) is 7.00. The first kappa shape index (κ1) is 12.5. The largest absolute Gasteiger partial charge is 0.480 e. The zero-order valence-corrected chi connectivity index (χ0v) is 9.65. The van der Waals surface area contributed by atoms with Crippen molar-refractivity contribution in [1.29, 1.82) is 0 Å². The number of nitrogens with zero attached hydrogens (tertiary/aromatic N) is 2.